The van der Waals surface area contributed by atoms with Gasteiger partial charge in [-0.2, -0.15) is 0 Å². The highest BCUT2D eigenvalue weighted by atomic mass is 79.9. The van der Waals surface area contributed by atoms with E-state index in [1.807, 2.05) is 10.6 Å². The fraction of sp³-hybridized carbons (Fsp3) is 0.381. The van der Waals surface area contributed by atoms with Gasteiger partial charge in [-0.15, -0.1) is 10.2 Å². The third kappa shape index (κ3) is 5.65. The average molecular weight is 524 g/mol. The Bertz CT molecular complexity index is 1060. The summed E-state index contributed by atoms with van der Waals surface area (Å²) in [5.41, 5.74) is 2.38. The van der Waals surface area contributed by atoms with Crippen LogP contribution in [0.25, 0.3) is 16.5 Å². The summed E-state index contributed by atoms with van der Waals surface area (Å²) < 4.78 is 17.8. The van der Waals surface area contributed by atoms with E-state index in [9.17, 15) is 4.79 Å². The van der Waals surface area contributed by atoms with Crippen LogP contribution in [0.2, 0.25) is 0 Å². The van der Waals surface area contributed by atoms with E-state index >= 15 is 0 Å². The molecule has 0 saturated heterocycles. The van der Waals surface area contributed by atoms with Crippen molar-refractivity contribution in [3.63, 3.8) is 0 Å². The predicted molar refractivity (Wildman–Crippen MR) is 127 cm³/mol. The molecule has 1 saturated carbocycles. The van der Waals surface area contributed by atoms with Gasteiger partial charge in [0.15, 0.2) is 5.16 Å². The van der Waals surface area contributed by atoms with Crippen LogP contribution in [-0.4, -0.2) is 52.9 Å². The van der Waals surface area contributed by atoms with Gasteiger partial charge in [0.2, 0.25) is 4.73 Å². The summed E-state index contributed by atoms with van der Waals surface area (Å²) in [4.78, 5) is 12.1. The van der Waals surface area contributed by atoms with Crippen molar-refractivity contribution in [3.8, 4) is 5.69 Å². The number of fused-ring (bicyclic) bond motifs is 1. The second-order valence-corrected chi connectivity index (χ2v) is 9.06. The second-order valence-electron chi connectivity index (χ2n) is 7.07. The summed E-state index contributed by atoms with van der Waals surface area (Å²) in [6, 6.07) is 12.7. The van der Waals surface area contributed by atoms with Crippen molar-refractivity contribution < 1.29 is 18.8 Å². The quantitative estimate of drug-likeness (QED) is 0.158. The van der Waals surface area contributed by atoms with E-state index in [4.69, 9.17) is 14.0 Å². The molecule has 1 aliphatic carbocycles. The standard InChI is InChI=1S/C21H23BrN3O4PS/c22-20-23-24-21(31-13-19(26)28-11-9-27-10-12-29-30)25(20)18-8-7-15(14-5-6-14)16-3-1-2-4-17(16)18/h1-4,7-8,14H,5-6,9-13,30H2. The Kier molecular flexibility index (Phi) is 7.96. The SMILES string of the molecule is O=C(CSc1nnc(Br)n1-c1ccc(C2CC2)c2ccccc12)OCCOCCOP. The maximum Gasteiger partial charge on any atom is 0.316 e. The molecule has 3 aromatic rings. The minimum Gasteiger partial charge on any atom is -0.463 e. The van der Waals surface area contributed by atoms with E-state index in [0.717, 1.165) is 11.1 Å². The highest BCUT2D eigenvalue weighted by Gasteiger charge is 2.26. The molecular formula is C21H23BrN3O4PS. The van der Waals surface area contributed by atoms with Crippen molar-refractivity contribution in [2.24, 2.45) is 0 Å². The molecule has 2 aromatic carbocycles. The third-order valence-corrected chi connectivity index (χ3v) is 6.59. The number of hydrogen-bond acceptors (Lipinski definition) is 7. The molecule has 0 spiro atoms. The number of hydrogen-bond donors (Lipinski definition) is 0. The summed E-state index contributed by atoms with van der Waals surface area (Å²) in [5.74, 6) is 0.470. The molecule has 1 aliphatic rings. The number of nitrogens with zero attached hydrogens (tertiary/aromatic N) is 3. The lowest BCUT2D eigenvalue weighted by molar-refractivity contribution is -0.142. The van der Waals surface area contributed by atoms with Crippen LogP contribution in [0.4, 0.5) is 0 Å². The first-order chi connectivity index (χ1) is 15.2. The first kappa shape index (κ1) is 22.7. The van der Waals surface area contributed by atoms with Crippen LogP contribution in [-0.2, 0) is 18.8 Å². The number of carbonyl (C=O) groups is 1. The van der Waals surface area contributed by atoms with Gasteiger partial charge >= 0.3 is 5.97 Å². The van der Waals surface area contributed by atoms with Gasteiger partial charge in [0.1, 0.15) is 6.61 Å². The van der Waals surface area contributed by atoms with Crippen molar-refractivity contribution in [3.05, 3.63) is 46.7 Å². The summed E-state index contributed by atoms with van der Waals surface area (Å²) >= 11 is 4.81. The normalized spacial score (nSPS) is 13.6. The summed E-state index contributed by atoms with van der Waals surface area (Å²) in [7, 11) is 2.16. The fourth-order valence-corrected chi connectivity index (χ4v) is 4.78. The van der Waals surface area contributed by atoms with Gasteiger partial charge in [0.25, 0.3) is 0 Å². The van der Waals surface area contributed by atoms with E-state index in [2.05, 4.69) is 65.9 Å². The Labute approximate surface area is 195 Å². The van der Waals surface area contributed by atoms with E-state index < -0.39 is 0 Å². The average Bonchev–Trinajstić information content (AvgIpc) is 3.56. The molecule has 1 aromatic heterocycles. The van der Waals surface area contributed by atoms with Gasteiger partial charge in [-0.1, -0.05) is 42.1 Å². The Balaban J connectivity index is 1.45. The number of rotatable bonds is 11. The minimum absolute atomic E-state index is 0.137. The Hall–Kier alpha value is -1.51. The molecule has 1 heterocycles. The molecule has 7 nitrogen and oxygen atoms in total. The molecule has 0 N–H and O–H groups in total. The lowest BCUT2D eigenvalue weighted by Crippen LogP contribution is -2.14. The van der Waals surface area contributed by atoms with E-state index in [1.54, 1.807) is 0 Å². The lowest BCUT2D eigenvalue weighted by atomic mass is 9.99. The Morgan fingerprint density at radius 2 is 1.87 bits per heavy atom. The zero-order valence-electron chi connectivity index (χ0n) is 16.8. The predicted octanol–water partition coefficient (Wildman–Crippen LogP) is 4.52. The van der Waals surface area contributed by atoms with Gasteiger partial charge in [0.05, 0.1) is 31.3 Å². The largest absolute Gasteiger partial charge is 0.463 e. The van der Waals surface area contributed by atoms with Gasteiger partial charge < -0.3 is 14.0 Å². The van der Waals surface area contributed by atoms with E-state index in [1.165, 1.54) is 35.6 Å². The maximum absolute atomic E-state index is 12.1. The van der Waals surface area contributed by atoms with Crippen molar-refractivity contribution >= 4 is 53.9 Å². The molecule has 0 bridgehead atoms. The van der Waals surface area contributed by atoms with Crippen LogP contribution in [0.3, 0.4) is 0 Å². The van der Waals surface area contributed by atoms with Gasteiger partial charge in [-0.05, 0) is 51.7 Å². The molecule has 0 radical (unpaired) electrons. The Morgan fingerprint density at radius 1 is 1.10 bits per heavy atom. The van der Waals surface area contributed by atoms with E-state index in [-0.39, 0.29) is 18.3 Å². The van der Waals surface area contributed by atoms with Crippen LogP contribution in [0, 0.1) is 0 Å². The number of esters is 1. The molecule has 4 rings (SSSR count). The van der Waals surface area contributed by atoms with Crippen molar-refractivity contribution in [2.45, 2.75) is 23.9 Å². The summed E-state index contributed by atoms with van der Waals surface area (Å²) in [5, 5.41) is 11.5. The molecule has 164 valence electrons. The molecule has 1 atom stereocenters. The minimum atomic E-state index is -0.324. The van der Waals surface area contributed by atoms with Crippen molar-refractivity contribution in [2.75, 3.05) is 32.2 Å². The molecular weight excluding hydrogens is 501 g/mol. The molecule has 1 fully saturated rings. The fourth-order valence-electron chi connectivity index (χ4n) is 3.39. The van der Waals surface area contributed by atoms with Crippen LogP contribution < -0.4 is 0 Å². The number of ether oxygens (including phenoxy) is 2. The van der Waals surface area contributed by atoms with Crippen molar-refractivity contribution in [1.29, 1.82) is 0 Å². The Morgan fingerprint density at radius 3 is 2.65 bits per heavy atom. The van der Waals surface area contributed by atoms with Crippen LogP contribution in [0.15, 0.2) is 46.3 Å². The number of thioether (sulfide) groups is 1. The van der Waals surface area contributed by atoms with Crippen molar-refractivity contribution in [1.82, 2.24) is 14.8 Å². The maximum atomic E-state index is 12.1. The van der Waals surface area contributed by atoms with Gasteiger partial charge in [-0.25, -0.2) is 0 Å². The first-order valence-corrected chi connectivity index (χ1v) is 12.2. The van der Waals surface area contributed by atoms with E-state index in [0.29, 0.717) is 35.6 Å². The number of benzene rings is 2. The molecule has 0 aliphatic heterocycles. The molecule has 10 heteroatoms. The topological polar surface area (TPSA) is 75.5 Å². The summed E-state index contributed by atoms with van der Waals surface area (Å²) in [6.45, 7) is 1.49. The smallest absolute Gasteiger partial charge is 0.316 e. The molecule has 0 amide bonds. The second kappa shape index (κ2) is 10.9. The highest BCUT2D eigenvalue weighted by molar-refractivity contribution is 9.10. The third-order valence-electron chi connectivity index (χ3n) is 4.94. The van der Waals surface area contributed by atoms with Gasteiger partial charge in [-0.3, -0.25) is 9.36 Å². The summed E-state index contributed by atoms with van der Waals surface area (Å²) in [6.07, 6.45) is 2.50. The zero-order chi connectivity index (χ0) is 21.6. The van der Waals surface area contributed by atoms with Crippen LogP contribution in [0.1, 0.15) is 24.3 Å². The highest BCUT2D eigenvalue weighted by Crippen LogP contribution is 2.44. The molecule has 31 heavy (non-hydrogen) atoms. The van der Waals surface area contributed by atoms with Crippen LogP contribution in [0.5, 0.6) is 0 Å². The lowest BCUT2D eigenvalue weighted by Gasteiger charge is -2.14. The number of halogens is 1. The van der Waals surface area contributed by atoms with Crippen LogP contribution >= 0.6 is 37.2 Å². The number of carbonyl (C=O) groups excluding carboxylic acids is 1. The first-order valence-electron chi connectivity index (χ1n) is 10.00. The monoisotopic (exact) mass is 523 g/mol. The van der Waals surface area contributed by atoms with Gasteiger partial charge in [0, 0.05) is 14.9 Å². The zero-order valence-corrected chi connectivity index (χ0v) is 20.4. The molecule has 1 unspecified atom stereocenters. The number of aromatic nitrogens is 3.